The fourth-order valence-corrected chi connectivity index (χ4v) is 5.93. The molecule has 2 aliphatic carbocycles. The van der Waals surface area contributed by atoms with E-state index in [1.807, 2.05) is 12.2 Å². The number of ether oxygens (including phenoxy) is 1. The maximum atomic E-state index is 12.1. The van der Waals surface area contributed by atoms with Crippen molar-refractivity contribution in [1.29, 1.82) is 0 Å². The second kappa shape index (κ2) is 8.65. The molecule has 0 radical (unpaired) electrons. The first-order chi connectivity index (χ1) is 14.0. The molecule has 3 aliphatic rings. The quantitative estimate of drug-likeness (QED) is 0.425. The number of aliphatic hydroxyl groups excluding tert-OH is 1. The topological polar surface area (TPSA) is 100.0 Å². The molecule has 29 heavy (non-hydrogen) atoms. The van der Waals surface area contributed by atoms with Crippen molar-refractivity contribution in [1.82, 2.24) is 9.88 Å². The number of rotatable bonds is 10. The lowest BCUT2D eigenvalue weighted by Crippen LogP contribution is -2.41. The van der Waals surface area contributed by atoms with Crippen molar-refractivity contribution < 1.29 is 24.5 Å². The number of amides is 1. The standard InChI is InChI=1S/C20H26N2O5S2/c23-16(20(6-1-7-20)10-13-2-3-13)5-4-14-11-27-19(26)22(14)8-9-28-18-21-15(12-29-18)17(24)25/h4-5,12-14,16,23H,1-3,6-11H2,(H,24,25). The van der Waals surface area contributed by atoms with E-state index in [9.17, 15) is 14.7 Å². The molecule has 9 heteroatoms. The molecule has 3 fully saturated rings. The number of carboxylic acids is 1. The van der Waals surface area contributed by atoms with E-state index in [1.54, 1.807) is 4.90 Å². The molecule has 7 nitrogen and oxygen atoms in total. The summed E-state index contributed by atoms with van der Waals surface area (Å²) in [6, 6.07) is -0.179. The monoisotopic (exact) mass is 438 g/mol. The van der Waals surface area contributed by atoms with E-state index < -0.39 is 12.1 Å². The third-order valence-corrected chi connectivity index (χ3v) is 8.16. The first kappa shape index (κ1) is 20.7. The van der Waals surface area contributed by atoms with Crippen molar-refractivity contribution in [3.8, 4) is 0 Å². The fraction of sp³-hybridized carbons (Fsp3) is 0.650. The van der Waals surface area contributed by atoms with Crippen molar-refractivity contribution in [2.75, 3.05) is 18.9 Å². The van der Waals surface area contributed by atoms with Crippen molar-refractivity contribution >= 4 is 35.2 Å². The molecule has 2 atom stereocenters. The molecule has 1 amide bonds. The number of aromatic nitrogens is 1. The summed E-state index contributed by atoms with van der Waals surface area (Å²) in [4.78, 5) is 28.7. The Kier molecular flexibility index (Phi) is 6.17. The van der Waals surface area contributed by atoms with Gasteiger partial charge in [0.1, 0.15) is 6.61 Å². The Bertz CT molecular complexity index is 788. The molecule has 1 saturated heterocycles. The molecule has 0 bridgehead atoms. The van der Waals surface area contributed by atoms with Gasteiger partial charge in [-0.2, -0.15) is 0 Å². The van der Waals surface area contributed by atoms with Crippen LogP contribution in [0, 0.1) is 11.3 Å². The number of thioether (sulfide) groups is 1. The van der Waals surface area contributed by atoms with Crippen LogP contribution in [0.4, 0.5) is 4.79 Å². The molecule has 1 aromatic rings. The van der Waals surface area contributed by atoms with Gasteiger partial charge in [0.15, 0.2) is 10.0 Å². The summed E-state index contributed by atoms with van der Waals surface area (Å²) in [5, 5.41) is 21.2. The van der Waals surface area contributed by atoms with Crippen molar-refractivity contribution in [3.05, 3.63) is 23.2 Å². The Morgan fingerprint density at radius 2 is 2.28 bits per heavy atom. The molecule has 2 heterocycles. The van der Waals surface area contributed by atoms with E-state index in [0.29, 0.717) is 23.2 Å². The van der Waals surface area contributed by atoms with Crippen LogP contribution in [-0.2, 0) is 4.74 Å². The highest BCUT2D eigenvalue weighted by atomic mass is 32.2. The van der Waals surface area contributed by atoms with Crippen LogP contribution in [0.2, 0.25) is 0 Å². The molecule has 1 aromatic heterocycles. The zero-order chi connectivity index (χ0) is 20.4. The summed E-state index contributed by atoms with van der Waals surface area (Å²) in [6.07, 6.45) is 10.0. The summed E-state index contributed by atoms with van der Waals surface area (Å²) in [6.45, 7) is 0.770. The van der Waals surface area contributed by atoms with Gasteiger partial charge in [0, 0.05) is 23.1 Å². The van der Waals surface area contributed by atoms with Gasteiger partial charge in [0.2, 0.25) is 0 Å². The number of aromatic carboxylic acids is 1. The number of nitrogens with zero attached hydrogens (tertiary/aromatic N) is 2. The maximum absolute atomic E-state index is 12.1. The average molecular weight is 439 g/mol. The van der Waals surface area contributed by atoms with E-state index in [1.165, 1.54) is 47.7 Å². The molecule has 4 rings (SSSR count). The van der Waals surface area contributed by atoms with E-state index in [-0.39, 0.29) is 23.2 Å². The largest absolute Gasteiger partial charge is 0.476 e. The lowest BCUT2D eigenvalue weighted by molar-refractivity contribution is -0.0170. The summed E-state index contributed by atoms with van der Waals surface area (Å²) in [5.41, 5.74) is 0.0816. The molecule has 0 spiro atoms. The Balaban J connectivity index is 1.30. The van der Waals surface area contributed by atoms with E-state index in [4.69, 9.17) is 9.84 Å². The van der Waals surface area contributed by atoms with Crippen LogP contribution < -0.4 is 0 Å². The highest BCUT2D eigenvalue weighted by molar-refractivity contribution is 8.01. The van der Waals surface area contributed by atoms with Gasteiger partial charge in [-0.15, -0.1) is 11.3 Å². The minimum absolute atomic E-state index is 0.0362. The summed E-state index contributed by atoms with van der Waals surface area (Å²) >= 11 is 2.71. The third kappa shape index (κ3) is 4.78. The highest BCUT2D eigenvalue weighted by Gasteiger charge is 2.45. The third-order valence-electron chi connectivity index (χ3n) is 6.16. The lowest BCUT2D eigenvalue weighted by Gasteiger charge is -2.45. The second-order valence-electron chi connectivity index (χ2n) is 8.18. The zero-order valence-corrected chi connectivity index (χ0v) is 17.8. The van der Waals surface area contributed by atoms with E-state index in [2.05, 4.69) is 4.98 Å². The van der Waals surface area contributed by atoms with E-state index >= 15 is 0 Å². The Labute approximate surface area is 178 Å². The summed E-state index contributed by atoms with van der Waals surface area (Å²) in [5.74, 6) is 0.349. The minimum atomic E-state index is -1.04. The highest BCUT2D eigenvalue weighted by Crippen LogP contribution is 2.53. The predicted molar refractivity (Wildman–Crippen MR) is 110 cm³/mol. The summed E-state index contributed by atoms with van der Waals surface area (Å²) < 4.78 is 5.87. The molecule has 2 unspecified atom stereocenters. The van der Waals surface area contributed by atoms with Crippen molar-refractivity contribution in [3.63, 3.8) is 0 Å². The van der Waals surface area contributed by atoms with Crippen molar-refractivity contribution in [2.24, 2.45) is 11.3 Å². The smallest absolute Gasteiger partial charge is 0.410 e. The van der Waals surface area contributed by atoms with Crippen LogP contribution in [0.15, 0.2) is 21.9 Å². The zero-order valence-electron chi connectivity index (χ0n) is 16.2. The molecule has 158 valence electrons. The van der Waals surface area contributed by atoms with Gasteiger partial charge >= 0.3 is 12.1 Å². The van der Waals surface area contributed by atoms with Gasteiger partial charge in [-0.25, -0.2) is 14.6 Å². The van der Waals surface area contributed by atoms with Crippen LogP contribution in [0.5, 0.6) is 0 Å². The van der Waals surface area contributed by atoms with Gasteiger partial charge < -0.3 is 14.9 Å². The molecule has 0 aromatic carbocycles. The molecule has 2 saturated carbocycles. The van der Waals surface area contributed by atoms with Gasteiger partial charge in [-0.1, -0.05) is 43.2 Å². The van der Waals surface area contributed by atoms with Crippen LogP contribution in [0.1, 0.15) is 49.0 Å². The van der Waals surface area contributed by atoms with Crippen LogP contribution in [0.25, 0.3) is 0 Å². The number of thiazole rings is 1. The normalized spacial score (nSPS) is 24.5. The number of hydrogen-bond donors (Lipinski definition) is 2. The Hall–Kier alpha value is -1.58. The molecular formula is C20H26N2O5S2. The van der Waals surface area contributed by atoms with Gasteiger partial charge in [-0.05, 0) is 25.2 Å². The Morgan fingerprint density at radius 1 is 1.48 bits per heavy atom. The average Bonchev–Trinajstić information content (AvgIpc) is 3.23. The number of carbonyl (C=O) groups excluding carboxylic acids is 1. The number of aliphatic hydroxyl groups is 1. The van der Waals surface area contributed by atoms with Crippen LogP contribution in [0.3, 0.4) is 0 Å². The second-order valence-corrected chi connectivity index (χ2v) is 10.4. The number of carboxylic acid groups (broad SMARTS) is 1. The molecule has 2 N–H and O–H groups in total. The van der Waals surface area contributed by atoms with Gasteiger partial charge in [0.05, 0.1) is 12.1 Å². The van der Waals surface area contributed by atoms with E-state index in [0.717, 1.165) is 25.2 Å². The first-order valence-electron chi connectivity index (χ1n) is 10.1. The minimum Gasteiger partial charge on any atom is -0.476 e. The van der Waals surface area contributed by atoms with Gasteiger partial charge in [-0.3, -0.25) is 4.90 Å². The lowest BCUT2D eigenvalue weighted by atomic mass is 9.62. The number of carbonyl (C=O) groups is 2. The number of cyclic esters (lactones) is 1. The molecular weight excluding hydrogens is 412 g/mol. The van der Waals surface area contributed by atoms with Crippen LogP contribution in [-0.4, -0.2) is 63.2 Å². The van der Waals surface area contributed by atoms with Gasteiger partial charge in [0.25, 0.3) is 0 Å². The van der Waals surface area contributed by atoms with Crippen molar-refractivity contribution in [2.45, 2.75) is 55.0 Å². The van der Waals surface area contributed by atoms with Crippen LogP contribution >= 0.6 is 23.1 Å². The Morgan fingerprint density at radius 3 is 2.90 bits per heavy atom. The molecule has 1 aliphatic heterocycles. The maximum Gasteiger partial charge on any atom is 0.410 e. The number of hydrogen-bond acceptors (Lipinski definition) is 7. The first-order valence-corrected chi connectivity index (χ1v) is 11.9. The predicted octanol–water partition coefficient (Wildman–Crippen LogP) is 3.64. The fourth-order valence-electron chi connectivity index (χ4n) is 4.12. The SMILES string of the molecule is O=C(O)c1csc(SCCN2C(=O)OCC2C=CC(O)C2(CC3CC3)CCC2)n1. The summed E-state index contributed by atoms with van der Waals surface area (Å²) in [7, 11) is 0.